The minimum atomic E-state index is -0.562. The number of nitrogens with zero attached hydrogens (tertiary/aromatic N) is 1. The van der Waals surface area contributed by atoms with Gasteiger partial charge in [-0.25, -0.2) is 0 Å². The minimum Gasteiger partial charge on any atom is -0.328 e. The lowest BCUT2D eigenvalue weighted by Gasteiger charge is -2.29. The molecule has 0 radical (unpaired) electrons. The quantitative estimate of drug-likeness (QED) is 0.680. The molecule has 3 amide bonds. The third kappa shape index (κ3) is 3.75. The van der Waals surface area contributed by atoms with Crippen molar-refractivity contribution in [2.45, 2.75) is 69.7 Å². The van der Waals surface area contributed by atoms with Gasteiger partial charge in [-0.05, 0) is 42.9 Å². The van der Waals surface area contributed by atoms with Crippen LogP contribution in [0.4, 0.5) is 0 Å². The van der Waals surface area contributed by atoms with E-state index in [1.54, 1.807) is 4.90 Å². The van der Waals surface area contributed by atoms with Gasteiger partial charge in [-0.1, -0.05) is 18.6 Å². The molecule has 0 bridgehead atoms. The van der Waals surface area contributed by atoms with Crippen LogP contribution >= 0.6 is 0 Å². The molecule has 1 saturated carbocycles. The zero-order valence-corrected chi connectivity index (χ0v) is 15.4. The average molecular weight is 370 g/mol. The average Bonchev–Trinajstić information content (AvgIpc) is 2.96. The normalized spacial score (nSPS) is 28.3. The van der Waals surface area contributed by atoms with E-state index < -0.39 is 6.04 Å². The van der Waals surface area contributed by atoms with E-state index in [0.29, 0.717) is 24.6 Å². The van der Waals surface area contributed by atoms with Gasteiger partial charge in [-0.15, -0.1) is 0 Å². The topological polar surface area (TPSA) is 105 Å². The van der Waals surface area contributed by atoms with Crippen molar-refractivity contribution in [1.29, 1.82) is 0 Å². The first-order valence-electron chi connectivity index (χ1n) is 9.76. The molecule has 27 heavy (non-hydrogen) atoms. The van der Waals surface area contributed by atoms with Gasteiger partial charge in [0.15, 0.2) is 0 Å². The van der Waals surface area contributed by atoms with Gasteiger partial charge in [0.1, 0.15) is 6.04 Å². The van der Waals surface area contributed by atoms with Crippen molar-refractivity contribution in [1.82, 2.24) is 15.5 Å². The number of nitrogens with one attached hydrogen (secondary N) is 2. The maximum absolute atomic E-state index is 12.7. The standard InChI is InChI=1S/C20H26N4O3/c21-14-2-1-3-15(9-14)22-10-12-4-5-16-13(8-12)11-24(20(16)27)17-6-7-18(25)23-19(17)26/h4-5,8,14-15,17,22H,1-3,6-7,9-11,21H2,(H,23,25,26)/t14-,15-,17?/m1/s1. The third-order valence-corrected chi connectivity index (χ3v) is 5.90. The lowest BCUT2D eigenvalue weighted by molar-refractivity contribution is -0.136. The Balaban J connectivity index is 1.41. The molecule has 7 nitrogen and oxygen atoms in total. The molecule has 7 heteroatoms. The molecule has 0 spiro atoms. The molecule has 1 aromatic rings. The molecule has 2 fully saturated rings. The van der Waals surface area contributed by atoms with Crippen LogP contribution in [0.5, 0.6) is 0 Å². The fourth-order valence-corrected chi connectivity index (χ4v) is 4.41. The lowest BCUT2D eigenvalue weighted by Crippen LogP contribution is -2.52. The van der Waals surface area contributed by atoms with Gasteiger partial charge in [0, 0.05) is 37.2 Å². The van der Waals surface area contributed by atoms with Crippen LogP contribution < -0.4 is 16.4 Å². The highest BCUT2D eigenvalue weighted by atomic mass is 16.2. The Morgan fingerprint density at radius 3 is 2.81 bits per heavy atom. The number of hydrogen-bond donors (Lipinski definition) is 3. The second-order valence-corrected chi connectivity index (χ2v) is 7.90. The van der Waals surface area contributed by atoms with Crippen LogP contribution in [0, 0.1) is 0 Å². The van der Waals surface area contributed by atoms with Crippen LogP contribution in [0.1, 0.15) is 60.0 Å². The molecule has 2 aliphatic heterocycles. The molecule has 1 aromatic carbocycles. The summed E-state index contributed by atoms with van der Waals surface area (Å²) in [4.78, 5) is 37.8. The first kappa shape index (κ1) is 18.1. The molecule has 3 aliphatic rings. The monoisotopic (exact) mass is 370 g/mol. The fourth-order valence-electron chi connectivity index (χ4n) is 4.41. The van der Waals surface area contributed by atoms with Gasteiger partial charge < -0.3 is 16.0 Å². The zero-order chi connectivity index (χ0) is 19.0. The van der Waals surface area contributed by atoms with Crippen molar-refractivity contribution in [3.05, 3.63) is 34.9 Å². The largest absolute Gasteiger partial charge is 0.328 e. The SMILES string of the molecule is N[C@@H]1CCC[C@@H](NCc2ccc3c(c2)CN(C2CCC(=O)NC2=O)C3=O)C1. The second kappa shape index (κ2) is 7.40. The Kier molecular flexibility index (Phi) is 4.97. The summed E-state index contributed by atoms with van der Waals surface area (Å²) in [5, 5.41) is 5.91. The van der Waals surface area contributed by atoms with E-state index in [9.17, 15) is 14.4 Å². The number of carbonyl (C=O) groups excluding carboxylic acids is 3. The maximum atomic E-state index is 12.7. The number of rotatable bonds is 4. The van der Waals surface area contributed by atoms with Crippen LogP contribution in [-0.2, 0) is 22.7 Å². The number of nitrogens with two attached hydrogens (primary N) is 1. The predicted octanol–water partition coefficient (Wildman–Crippen LogP) is 0.807. The van der Waals surface area contributed by atoms with Crippen LogP contribution in [0.2, 0.25) is 0 Å². The van der Waals surface area contributed by atoms with E-state index >= 15 is 0 Å². The highest BCUT2D eigenvalue weighted by Gasteiger charge is 2.39. The molecule has 1 saturated heterocycles. The van der Waals surface area contributed by atoms with Gasteiger partial charge in [-0.2, -0.15) is 0 Å². The van der Waals surface area contributed by atoms with Gasteiger partial charge in [-0.3, -0.25) is 19.7 Å². The van der Waals surface area contributed by atoms with E-state index in [1.165, 1.54) is 6.42 Å². The van der Waals surface area contributed by atoms with Crippen molar-refractivity contribution < 1.29 is 14.4 Å². The molecule has 0 aromatic heterocycles. The summed E-state index contributed by atoms with van der Waals surface area (Å²) in [5.74, 6) is -0.767. The van der Waals surface area contributed by atoms with Crippen LogP contribution in [0.15, 0.2) is 18.2 Å². The molecular formula is C20H26N4O3. The van der Waals surface area contributed by atoms with E-state index in [0.717, 1.165) is 36.9 Å². The Hall–Kier alpha value is -2.25. The van der Waals surface area contributed by atoms with Crippen molar-refractivity contribution in [3.63, 3.8) is 0 Å². The van der Waals surface area contributed by atoms with Crippen LogP contribution in [-0.4, -0.2) is 40.7 Å². The zero-order valence-electron chi connectivity index (χ0n) is 15.4. The van der Waals surface area contributed by atoms with Gasteiger partial charge in [0.05, 0.1) is 0 Å². The predicted molar refractivity (Wildman–Crippen MR) is 99.6 cm³/mol. The first-order valence-corrected chi connectivity index (χ1v) is 9.76. The van der Waals surface area contributed by atoms with E-state index in [1.807, 2.05) is 12.1 Å². The van der Waals surface area contributed by atoms with Gasteiger partial charge in [0.25, 0.3) is 5.91 Å². The molecule has 2 heterocycles. The fraction of sp³-hybridized carbons (Fsp3) is 0.550. The number of carbonyl (C=O) groups is 3. The Morgan fingerprint density at radius 2 is 2.04 bits per heavy atom. The summed E-state index contributed by atoms with van der Waals surface area (Å²) in [6.07, 6.45) is 5.09. The molecule has 1 unspecified atom stereocenters. The van der Waals surface area contributed by atoms with Gasteiger partial charge in [0.2, 0.25) is 11.8 Å². The molecule has 1 aliphatic carbocycles. The molecule has 144 valence electrons. The number of imide groups is 1. The molecular weight excluding hydrogens is 344 g/mol. The molecule has 4 N–H and O–H groups in total. The summed E-state index contributed by atoms with van der Waals surface area (Å²) in [5.41, 5.74) is 8.79. The Bertz CT molecular complexity index is 778. The second-order valence-electron chi connectivity index (χ2n) is 7.90. The molecule has 4 rings (SSSR count). The summed E-state index contributed by atoms with van der Waals surface area (Å²) in [6, 6.07) is 6.05. The summed E-state index contributed by atoms with van der Waals surface area (Å²) < 4.78 is 0. The number of fused-ring (bicyclic) bond motifs is 1. The number of amides is 3. The Morgan fingerprint density at radius 1 is 1.19 bits per heavy atom. The van der Waals surface area contributed by atoms with Crippen molar-refractivity contribution >= 4 is 17.7 Å². The minimum absolute atomic E-state index is 0.128. The van der Waals surface area contributed by atoms with E-state index in [4.69, 9.17) is 5.73 Å². The van der Waals surface area contributed by atoms with Crippen LogP contribution in [0.3, 0.4) is 0 Å². The summed E-state index contributed by atoms with van der Waals surface area (Å²) >= 11 is 0. The third-order valence-electron chi connectivity index (χ3n) is 5.90. The Labute approximate surface area is 158 Å². The number of piperidine rings is 1. The van der Waals surface area contributed by atoms with Crippen molar-refractivity contribution in [2.75, 3.05) is 0 Å². The lowest BCUT2D eigenvalue weighted by atomic mass is 9.91. The summed E-state index contributed by atoms with van der Waals surface area (Å²) in [7, 11) is 0. The smallest absolute Gasteiger partial charge is 0.255 e. The van der Waals surface area contributed by atoms with Crippen molar-refractivity contribution in [2.24, 2.45) is 5.73 Å². The van der Waals surface area contributed by atoms with Crippen molar-refractivity contribution in [3.8, 4) is 0 Å². The van der Waals surface area contributed by atoms with Gasteiger partial charge >= 0.3 is 0 Å². The highest BCUT2D eigenvalue weighted by Crippen LogP contribution is 2.28. The maximum Gasteiger partial charge on any atom is 0.255 e. The van der Waals surface area contributed by atoms with E-state index in [-0.39, 0.29) is 30.2 Å². The number of benzene rings is 1. The number of hydrogen-bond acceptors (Lipinski definition) is 5. The summed E-state index contributed by atoms with van der Waals surface area (Å²) in [6.45, 7) is 1.17. The highest BCUT2D eigenvalue weighted by molar-refractivity contribution is 6.05. The molecule has 3 atom stereocenters. The first-order chi connectivity index (χ1) is 13.0. The van der Waals surface area contributed by atoms with E-state index in [2.05, 4.69) is 16.7 Å². The van der Waals surface area contributed by atoms with Crippen LogP contribution in [0.25, 0.3) is 0 Å².